The molecule has 0 saturated heterocycles. The molecule has 6 heteroatoms. The summed E-state index contributed by atoms with van der Waals surface area (Å²) in [6, 6.07) is 1.98. The fourth-order valence-electron chi connectivity index (χ4n) is 2.33. The van der Waals surface area contributed by atoms with Crippen LogP contribution in [0.1, 0.15) is 25.0 Å². The molecule has 1 N–H and O–H groups in total. The minimum absolute atomic E-state index is 0.765. The quantitative estimate of drug-likeness (QED) is 0.453. The second kappa shape index (κ2) is 8.44. The third-order valence-electron chi connectivity index (χ3n) is 3.85. The average molecular weight is 327 g/mol. The fourth-order valence-corrected chi connectivity index (χ4v) is 2.61. The third kappa shape index (κ3) is 5.54. The van der Waals surface area contributed by atoms with Crippen molar-refractivity contribution in [1.29, 1.82) is 0 Å². The van der Waals surface area contributed by atoms with Gasteiger partial charge in [0, 0.05) is 52.8 Å². The maximum absolute atomic E-state index is 6.02. The molecule has 22 heavy (non-hydrogen) atoms. The van der Waals surface area contributed by atoms with E-state index in [1.165, 1.54) is 12.8 Å². The Morgan fingerprint density at radius 3 is 2.91 bits per heavy atom. The van der Waals surface area contributed by atoms with Gasteiger partial charge in [-0.15, -0.1) is 0 Å². The van der Waals surface area contributed by atoms with Gasteiger partial charge in [-0.05, 0) is 31.2 Å². The first-order chi connectivity index (χ1) is 10.6. The van der Waals surface area contributed by atoms with E-state index in [2.05, 4.69) is 15.2 Å². The smallest absolute Gasteiger partial charge is 0.193 e. The van der Waals surface area contributed by atoms with E-state index >= 15 is 0 Å². The summed E-state index contributed by atoms with van der Waals surface area (Å²) in [6.07, 6.45) is 5.60. The molecular formula is C16H27ClN4O. The van der Waals surface area contributed by atoms with Gasteiger partial charge in [-0.25, -0.2) is 0 Å². The highest BCUT2D eigenvalue weighted by Gasteiger charge is 2.20. The molecule has 1 saturated carbocycles. The number of hydrogen-bond donors (Lipinski definition) is 1. The Labute approximate surface area is 138 Å². The van der Waals surface area contributed by atoms with Gasteiger partial charge < -0.3 is 19.5 Å². The maximum Gasteiger partial charge on any atom is 0.193 e. The van der Waals surface area contributed by atoms with E-state index in [0.29, 0.717) is 0 Å². The molecule has 1 aromatic rings. The Morgan fingerprint density at radius 1 is 1.55 bits per heavy atom. The van der Waals surface area contributed by atoms with Crippen molar-refractivity contribution in [2.45, 2.75) is 25.8 Å². The second-order valence-corrected chi connectivity index (χ2v) is 6.40. The number of nitrogens with one attached hydrogen (secondary N) is 1. The zero-order valence-corrected chi connectivity index (χ0v) is 14.6. The van der Waals surface area contributed by atoms with Crippen LogP contribution >= 0.6 is 11.6 Å². The molecule has 5 nitrogen and oxygen atoms in total. The summed E-state index contributed by atoms with van der Waals surface area (Å²) < 4.78 is 7.68. The van der Waals surface area contributed by atoms with Crippen LogP contribution in [0.15, 0.2) is 17.3 Å². The number of aryl methyl sites for hydroxylation is 1. The number of ether oxygens (including phenoxy) is 1. The average Bonchev–Trinajstić information content (AvgIpc) is 3.24. The van der Waals surface area contributed by atoms with Crippen molar-refractivity contribution in [3.8, 4) is 0 Å². The Bertz CT molecular complexity index is 496. The van der Waals surface area contributed by atoms with Crippen LogP contribution in [0.25, 0.3) is 0 Å². The van der Waals surface area contributed by atoms with E-state index in [9.17, 15) is 0 Å². The van der Waals surface area contributed by atoms with Crippen molar-refractivity contribution in [1.82, 2.24) is 14.8 Å². The molecule has 0 unspecified atom stereocenters. The lowest BCUT2D eigenvalue weighted by Gasteiger charge is -2.22. The molecule has 1 aliphatic carbocycles. The molecule has 124 valence electrons. The van der Waals surface area contributed by atoms with Crippen molar-refractivity contribution in [2.75, 3.05) is 33.9 Å². The van der Waals surface area contributed by atoms with Crippen molar-refractivity contribution in [3.05, 3.63) is 23.0 Å². The highest BCUT2D eigenvalue weighted by Crippen LogP contribution is 2.28. The van der Waals surface area contributed by atoms with Crippen molar-refractivity contribution in [2.24, 2.45) is 18.0 Å². The number of aromatic nitrogens is 1. The van der Waals surface area contributed by atoms with E-state index in [-0.39, 0.29) is 0 Å². The van der Waals surface area contributed by atoms with Crippen LogP contribution in [0.5, 0.6) is 0 Å². The van der Waals surface area contributed by atoms with Crippen molar-refractivity contribution < 1.29 is 4.74 Å². The first-order valence-electron chi connectivity index (χ1n) is 7.90. The van der Waals surface area contributed by atoms with Gasteiger partial charge >= 0.3 is 0 Å². The molecule has 0 radical (unpaired) electrons. The Hall–Kier alpha value is -1.20. The first kappa shape index (κ1) is 17.2. The summed E-state index contributed by atoms with van der Waals surface area (Å²) in [7, 11) is 5.84. The molecular weight excluding hydrogens is 300 g/mol. The summed E-state index contributed by atoms with van der Waals surface area (Å²) in [5, 5.41) is 4.14. The van der Waals surface area contributed by atoms with Gasteiger partial charge in [0.1, 0.15) is 0 Å². The van der Waals surface area contributed by atoms with Gasteiger partial charge in [0.2, 0.25) is 0 Å². The van der Waals surface area contributed by atoms with Crippen LogP contribution in [0.2, 0.25) is 5.02 Å². The second-order valence-electron chi connectivity index (χ2n) is 5.96. The Balaban J connectivity index is 1.67. The molecule has 2 rings (SSSR count). The van der Waals surface area contributed by atoms with E-state index in [4.69, 9.17) is 16.3 Å². The lowest BCUT2D eigenvalue weighted by atomic mass is 10.4. The molecule has 1 fully saturated rings. The van der Waals surface area contributed by atoms with E-state index in [1.54, 1.807) is 7.05 Å². The monoisotopic (exact) mass is 326 g/mol. The topological polar surface area (TPSA) is 41.8 Å². The standard InChI is InChI=1S/C16H27ClN4O/c1-18-16(19-7-4-8-22-12-13-5-6-13)21(3)11-15-9-14(17)10-20(15)2/h9-10,13H,4-8,11-12H2,1-3H3,(H,18,19). The van der Waals surface area contributed by atoms with Crippen molar-refractivity contribution in [3.63, 3.8) is 0 Å². The zero-order chi connectivity index (χ0) is 15.9. The fraction of sp³-hybridized carbons (Fsp3) is 0.688. The number of aliphatic imine (C=N–C) groups is 1. The van der Waals surface area contributed by atoms with Crippen LogP contribution in [-0.2, 0) is 18.3 Å². The molecule has 0 aromatic carbocycles. The highest BCUT2D eigenvalue weighted by molar-refractivity contribution is 6.30. The summed E-state index contributed by atoms with van der Waals surface area (Å²) >= 11 is 6.02. The maximum atomic E-state index is 6.02. The van der Waals surface area contributed by atoms with Crippen LogP contribution in [0, 0.1) is 5.92 Å². The van der Waals surface area contributed by atoms with E-state index in [0.717, 1.165) is 55.3 Å². The normalized spacial score (nSPS) is 15.2. The van der Waals surface area contributed by atoms with Crippen LogP contribution in [-0.4, -0.2) is 49.3 Å². The zero-order valence-electron chi connectivity index (χ0n) is 13.8. The molecule has 0 spiro atoms. The van der Waals surface area contributed by atoms with Gasteiger partial charge in [-0.3, -0.25) is 4.99 Å². The van der Waals surface area contributed by atoms with Gasteiger partial charge in [-0.2, -0.15) is 0 Å². The molecule has 0 atom stereocenters. The van der Waals surface area contributed by atoms with Gasteiger partial charge in [0.25, 0.3) is 0 Å². The number of rotatable bonds is 8. The van der Waals surface area contributed by atoms with Gasteiger partial charge in [-0.1, -0.05) is 11.6 Å². The summed E-state index contributed by atoms with van der Waals surface area (Å²) in [5.74, 6) is 1.73. The highest BCUT2D eigenvalue weighted by atomic mass is 35.5. The first-order valence-corrected chi connectivity index (χ1v) is 8.28. The molecule has 1 aliphatic rings. The summed E-state index contributed by atoms with van der Waals surface area (Å²) in [4.78, 5) is 6.42. The van der Waals surface area contributed by atoms with Gasteiger partial charge in [0.15, 0.2) is 5.96 Å². The molecule has 0 aliphatic heterocycles. The van der Waals surface area contributed by atoms with Crippen LogP contribution in [0.3, 0.4) is 0 Å². The predicted octanol–water partition coefficient (Wildman–Crippen LogP) is 2.50. The Morgan fingerprint density at radius 2 is 2.32 bits per heavy atom. The Kier molecular flexibility index (Phi) is 6.58. The molecule has 0 bridgehead atoms. The minimum atomic E-state index is 0.765. The van der Waals surface area contributed by atoms with Crippen LogP contribution < -0.4 is 5.32 Å². The lowest BCUT2D eigenvalue weighted by Crippen LogP contribution is -2.39. The minimum Gasteiger partial charge on any atom is -0.381 e. The van der Waals surface area contributed by atoms with E-state index < -0.39 is 0 Å². The largest absolute Gasteiger partial charge is 0.381 e. The SMILES string of the molecule is CN=C(NCCCOCC1CC1)N(C)Cc1cc(Cl)cn1C. The predicted molar refractivity (Wildman–Crippen MR) is 91.4 cm³/mol. The number of hydrogen-bond acceptors (Lipinski definition) is 2. The van der Waals surface area contributed by atoms with Gasteiger partial charge in [0.05, 0.1) is 11.6 Å². The third-order valence-corrected chi connectivity index (χ3v) is 4.05. The lowest BCUT2D eigenvalue weighted by molar-refractivity contribution is 0.122. The molecule has 0 amide bonds. The number of halogens is 1. The summed E-state index contributed by atoms with van der Waals surface area (Å²) in [5.41, 5.74) is 1.16. The number of guanidine groups is 1. The van der Waals surface area contributed by atoms with Crippen molar-refractivity contribution >= 4 is 17.6 Å². The molecule has 1 aromatic heterocycles. The van der Waals surface area contributed by atoms with Crippen LogP contribution in [0.4, 0.5) is 0 Å². The molecule has 1 heterocycles. The summed E-state index contributed by atoms with van der Waals surface area (Å²) in [6.45, 7) is 3.39. The van der Waals surface area contributed by atoms with E-state index in [1.807, 2.05) is 30.9 Å². The number of nitrogens with zero attached hydrogens (tertiary/aromatic N) is 3.